The van der Waals surface area contributed by atoms with Gasteiger partial charge in [-0.25, -0.2) is 9.37 Å². The van der Waals surface area contributed by atoms with Crippen LogP contribution in [0, 0.1) is 0 Å². The highest BCUT2D eigenvalue weighted by atomic mass is 19.1. The molecule has 5 aromatic carbocycles. The molecule has 49 heavy (non-hydrogen) atoms. The number of halogens is 1. The number of para-hydroxylation sites is 2. The SMILES string of the molecule is CC1(C)c2cc3c(cc2N(c2cccc(C(F)c4cccc(-c5ccccn5)c4)c2)c2ncccc21)c1ccccc1n3-c1ccccc1. The van der Waals surface area contributed by atoms with E-state index in [4.69, 9.17) is 4.98 Å². The fourth-order valence-electron chi connectivity index (χ4n) is 7.53. The second-order valence-corrected chi connectivity index (χ2v) is 13.2. The van der Waals surface area contributed by atoms with Crippen LogP contribution in [0.4, 0.5) is 21.6 Å². The molecule has 0 saturated carbocycles. The molecule has 3 aromatic heterocycles. The summed E-state index contributed by atoms with van der Waals surface area (Å²) in [4.78, 5) is 11.7. The molecule has 1 aliphatic rings. The summed E-state index contributed by atoms with van der Waals surface area (Å²) in [5.74, 6) is 0.857. The third-order valence-electron chi connectivity index (χ3n) is 9.95. The lowest BCUT2D eigenvalue weighted by molar-refractivity contribution is 0.402. The largest absolute Gasteiger partial charge is 0.309 e. The first-order valence-corrected chi connectivity index (χ1v) is 16.6. The van der Waals surface area contributed by atoms with Crippen LogP contribution >= 0.6 is 0 Å². The third-order valence-corrected chi connectivity index (χ3v) is 9.95. The molecule has 9 rings (SSSR count). The number of benzene rings is 5. The van der Waals surface area contributed by atoms with Crippen LogP contribution in [0.5, 0.6) is 0 Å². The molecule has 0 spiro atoms. The van der Waals surface area contributed by atoms with Gasteiger partial charge in [0.1, 0.15) is 5.82 Å². The van der Waals surface area contributed by atoms with Gasteiger partial charge in [-0.3, -0.25) is 9.88 Å². The first-order chi connectivity index (χ1) is 24.0. The lowest BCUT2D eigenvalue weighted by atomic mass is 9.74. The van der Waals surface area contributed by atoms with Crippen LogP contribution in [0.3, 0.4) is 0 Å². The molecule has 4 heterocycles. The molecule has 0 N–H and O–H groups in total. The van der Waals surface area contributed by atoms with Gasteiger partial charge in [0.15, 0.2) is 6.17 Å². The number of anilines is 3. The van der Waals surface area contributed by atoms with Crippen molar-refractivity contribution in [3.05, 3.63) is 180 Å². The van der Waals surface area contributed by atoms with Gasteiger partial charge in [0.25, 0.3) is 0 Å². The maximum Gasteiger partial charge on any atom is 0.150 e. The monoisotopic (exact) mass is 636 g/mol. The zero-order chi connectivity index (χ0) is 33.1. The summed E-state index contributed by atoms with van der Waals surface area (Å²) in [7, 11) is 0. The molecule has 0 saturated heterocycles. The second-order valence-electron chi connectivity index (χ2n) is 13.2. The van der Waals surface area contributed by atoms with Crippen LogP contribution in [0.25, 0.3) is 38.8 Å². The zero-order valence-electron chi connectivity index (χ0n) is 27.3. The molecule has 0 amide bonds. The Labute approximate surface area is 284 Å². The van der Waals surface area contributed by atoms with Crippen molar-refractivity contribution >= 4 is 39.0 Å². The van der Waals surface area contributed by atoms with E-state index in [0.29, 0.717) is 11.1 Å². The Morgan fingerprint density at radius 1 is 0.571 bits per heavy atom. The maximum atomic E-state index is 16.5. The minimum absolute atomic E-state index is 0.340. The first-order valence-electron chi connectivity index (χ1n) is 16.6. The molecule has 5 heteroatoms. The van der Waals surface area contributed by atoms with Crippen molar-refractivity contribution in [3.63, 3.8) is 0 Å². The second kappa shape index (κ2) is 11.3. The number of hydrogen-bond donors (Lipinski definition) is 0. The Bertz CT molecular complexity index is 2500. The van der Waals surface area contributed by atoms with Crippen molar-refractivity contribution in [3.8, 4) is 16.9 Å². The molecule has 236 valence electrons. The quantitative estimate of drug-likeness (QED) is 0.188. The van der Waals surface area contributed by atoms with Crippen LogP contribution in [0.2, 0.25) is 0 Å². The van der Waals surface area contributed by atoms with Crippen molar-refractivity contribution in [2.45, 2.75) is 25.4 Å². The highest BCUT2D eigenvalue weighted by molar-refractivity contribution is 6.11. The van der Waals surface area contributed by atoms with Crippen LogP contribution in [-0.4, -0.2) is 14.5 Å². The van der Waals surface area contributed by atoms with Crippen LogP contribution in [-0.2, 0) is 5.41 Å². The predicted molar refractivity (Wildman–Crippen MR) is 198 cm³/mol. The molecule has 0 fully saturated rings. The topological polar surface area (TPSA) is 34.0 Å². The number of pyridine rings is 2. The molecule has 4 nitrogen and oxygen atoms in total. The summed E-state index contributed by atoms with van der Waals surface area (Å²) in [5.41, 5.74) is 10.2. The van der Waals surface area contributed by atoms with Crippen LogP contribution < -0.4 is 4.90 Å². The number of aromatic nitrogens is 3. The number of hydrogen-bond acceptors (Lipinski definition) is 3. The van der Waals surface area contributed by atoms with Crippen molar-refractivity contribution in [1.29, 1.82) is 0 Å². The number of alkyl halides is 1. The molecule has 0 bridgehead atoms. The molecular formula is C44H33FN4. The Hall–Kier alpha value is -6.07. The van der Waals surface area contributed by atoms with Gasteiger partial charge in [0, 0.05) is 51.1 Å². The van der Waals surface area contributed by atoms with E-state index in [2.05, 4.69) is 107 Å². The maximum absolute atomic E-state index is 16.5. The van der Waals surface area contributed by atoms with Crippen molar-refractivity contribution < 1.29 is 4.39 Å². The highest BCUT2D eigenvalue weighted by Crippen LogP contribution is 2.53. The number of fused-ring (bicyclic) bond motifs is 5. The van der Waals surface area contributed by atoms with Gasteiger partial charge in [0.2, 0.25) is 0 Å². The highest BCUT2D eigenvalue weighted by Gasteiger charge is 2.39. The van der Waals surface area contributed by atoms with Crippen molar-refractivity contribution in [1.82, 2.24) is 14.5 Å². The van der Waals surface area contributed by atoms with Gasteiger partial charge < -0.3 is 4.57 Å². The minimum Gasteiger partial charge on any atom is -0.309 e. The number of nitrogens with zero attached hydrogens (tertiary/aromatic N) is 4. The summed E-state index contributed by atoms with van der Waals surface area (Å²) in [6.45, 7) is 4.54. The fourth-order valence-corrected chi connectivity index (χ4v) is 7.53. The van der Waals surface area contributed by atoms with E-state index in [9.17, 15) is 0 Å². The smallest absolute Gasteiger partial charge is 0.150 e. The van der Waals surface area contributed by atoms with Crippen molar-refractivity contribution in [2.24, 2.45) is 0 Å². The average Bonchev–Trinajstić information content (AvgIpc) is 3.48. The Morgan fingerprint density at radius 3 is 2.14 bits per heavy atom. The summed E-state index contributed by atoms with van der Waals surface area (Å²) >= 11 is 0. The fraction of sp³-hybridized carbons (Fsp3) is 0.0909. The third kappa shape index (κ3) is 4.65. The van der Waals surface area contributed by atoms with Gasteiger partial charge in [0.05, 0.1) is 22.4 Å². The summed E-state index contributed by atoms with van der Waals surface area (Å²) in [5, 5.41) is 2.34. The van der Waals surface area contributed by atoms with Crippen LogP contribution in [0.15, 0.2) is 158 Å². The van der Waals surface area contributed by atoms with E-state index < -0.39 is 6.17 Å². The van der Waals surface area contributed by atoms with Gasteiger partial charge >= 0.3 is 0 Å². The lowest BCUT2D eigenvalue weighted by Crippen LogP contribution is -2.31. The Balaban J connectivity index is 1.23. The molecule has 1 unspecified atom stereocenters. The van der Waals surface area contributed by atoms with Gasteiger partial charge in [-0.15, -0.1) is 0 Å². The Kier molecular flexibility index (Phi) is 6.70. The van der Waals surface area contributed by atoms with E-state index in [1.54, 1.807) is 6.20 Å². The van der Waals surface area contributed by atoms with E-state index in [1.807, 2.05) is 72.9 Å². The molecule has 0 aliphatic carbocycles. The van der Waals surface area contributed by atoms with Gasteiger partial charge in [-0.1, -0.05) is 92.7 Å². The van der Waals surface area contributed by atoms with E-state index in [-0.39, 0.29) is 5.41 Å². The summed E-state index contributed by atoms with van der Waals surface area (Å²) < 4.78 is 18.9. The Morgan fingerprint density at radius 2 is 1.31 bits per heavy atom. The molecule has 1 atom stereocenters. The van der Waals surface area contributed by atoms with Gasteiger partial charge in [-0.05, 0) is 83.4 Å². The summed E-state index contributed by atoms with van der Waals surface area (Å²) in [6, 6.07) is 49.2. The van der Waals surface area contributed by atoms with Crippen LogP contribution in [0.1, 0.15) is 42.3 Å². The van der Waals surface area contributed by atoms with E-state index in [1.165, 1.54) is 10.9 Å². The minimum atomic E-state index is -1.32. The van der Waals surface area contributed by atoms with Crippen molar-refractivity contribution in [2.75, 3.05) is 4.90 Å². The molecule has 8 aromatic rings. The first kappa shape index (κ1) is 29.1. The number of rotatable bonds is 5. The van der Waals surface area contributed by atoms with E-state index in [0.717, 1.165) is 56.1 Å². The van der Waals surface area contributed by atoms with Gasteiger partial charge in [-0.2, -0.15) is 0 Å². The standard InChI is InChI=1S/C44H33FN4/c1-44(2)36-20-12-24-47-43(36)49(33-18-11-15-31(26-33)42(45)30-14-10-13-29(25-30)38-21-8-9-23-46-38)41-27-35-34-19-6-7-22-39(34)48(40(35)28-37(41)44)32-16-4-3-5-17-32/h3-28,42H,1-2H3. The average molecular weight is 637 g/mol. The lowest BCUT2D eigenvalue weighted by Gasteiger charge is -2.41. The molecule has 1 aliphatic heterocycles. The molecule has 0 radical (unpaired) electrons. The normalized spacial score (nSPS) is 14.1. The summed E-state index contributed by atoms with van der Waals surface area (Å²) in [6.07, 6.45) is 2.28. The zero-order valence-corrected chi connectivity index (χ0v) is 27.3. The molecular weight excluding hydrogens is 604 g/mol. The predicted octanol–water partition coefficient (Wildman–Crippen LogP) is 11.4. The van der Waals surface area contributed by atoms with E-state index >= 15 is 4.39 Å².